The van der Waals surface area contributed by atoms with Crippen LogP contribution in [-0.4, -0.2) is 54.7 Å². The first kappa shape index (κ1) is 19.3. The van der Waals surface area contributed by atoms with Crippen molar-refractivity contribution in [3.05, 3.63) is 11.6 Å². The normalized spacial score (nSPS) is 49.2. The van der Waals surface area contributed by atoms with E-state index in [-0.39, 0.29) is 22.9 Å². The second-order valence-corrected chi connectivity index (χ2v) is 10.8. The molecule has 5 aliphatic rings. The number of Topliss-reactive ketones (excluding diaryl/α,β-unsaturated/α-hetero) is 1. The molecule has 0 aromatic carbocycles. The Labute approximate surface area is 169 Å². The number of aliphatic hydroxyl groups excluding tert-OH is 1. The van der Waals surface area contributed by atoms with E-state index in [4.69, 9.17) is 4.74 Å². The molecule has 28 heavy (non-hydrogen) atoms. The quantitative estimate of drug-likeness (QED) is 0.738. The molecule has 4 nitrogen and oxygen atoms in total. The summed E-state index contributed by atoms with van der Waals surface area (Å²) in [6.45, 7) is 9.27. The van der Waals surface area contributed by atoms with Crippen molar-refractivity contribution in [2.45, 2.75) is 64.9 Å². The minimum Gasteiger partial charge on any atom is -0.393 e. The monoisotopic (exact) mass is 387 g/mol. The maximum Gasteiger partial charge on any atom is 0.143 e. The second-order valence-electron chi connectivity index (χ2n) is 10.8. The van der Waals surface area contributed by atoms with E-state index >= 15 is 0 Å². The van der Waals surface area contributed by atoms with Crippen LogP contribution in [0.5, 0.6) is 0 Å². The third kappa shape index (κ3) is 2.86. The maximum atomic E-state index is 13.5. The number of morpholine rings is 1. The molecule has 0 radical (unpaired) electrons. The van der Waals surface area contributed by atoms with Crippen LogP contribution in [0.3, 0.4) is 0 Å². The predicted molar refractivity (Wildman–Crippen MR) is 109 cm³/mol. The molecule has 0 unspecified atom stereocenters. The molecule has 1 heterocycles. The minimum absolute atomic E-state index is 0.103. The molecule has 4 aliphatic carbocycles. The van der Waals surface area contributed by atoms with E-state index in [2.05, 4.69) is 24.8 Å². The lowest BCUT2D eigenvalue weighted by Crippen LogP contribution is -2.50. The van der Waals surface area contributed by atoms with Gasteiger partial charge in [0.2, 0.25) is 0 Å². The van der Waals surface area contributed by atoms with Crippen LogP contribution < -0.4 is 0 Å². The summed E-state index contributed by atoms with van der Waals surface area (Å²) >= 11 is 0. The lowest BCUT2D eigenvalue weighted by atomic mass is 9.48. The third-order valence-electron chi connectivity index (χ3n) is 9.52. The van der Waals surface area contributed by atoms with Gasteiger partial charge in [0, 0.05) is 31.0 Å². The van der Waals surface area contributed by atoms with E-state index in [1.165, 1.54) is 12.0 Å². The topological polar surface area (TPSA) is 49.8 Å². The molecule has 156 valence electrons. The molecule has 0 spiro atoms. The summed E-state index contributed by atoms with van der Waals surface area (Å²) < 4.78 is 5.49. The fourth-order valence-electron chi connectivity index (χ4n) is 7.84. The van der Waals surface area contributed by atoms with E-state index in [0.29, 0.717) is 23.5 Å². The SMILES string of the molecule is C[C@]12CC[C@H](O)CC1=CC[C@H]1[C@H]2CC[C@]2(C)C(=O)[C@H](CN3CCOCC3)C[C@H]12. The van der Waals surface area contributed by atoms with Crippen LogP contribution >= 0.6 is 0 Å². The zero-order valence-electron chi connectivity index (χ0n) is 17.7. The summed E-state index contributed by atoms with van der Waals surface area (Å²) in [4.78, 5) is 16.0. The lowest BCUT2D eigenvalue weighted by Gasteiger charge is -2.56. The van der Waals surface area contributed by atoms with Crippen molar-refractivity contribution in [3.8, 4) is 0 Å². The largest absolute Gasteiger partial charge is 0.393 e. The van der Waals surface area contributed by atoms with Crippen LogP contribution in [0.1, 0.15) is 58.8 Å². The number of hydrogen-bond acceptors (Lipinski definition) is 4. The Morgan fingerprint density at radius 3 is 2.68 bits per heavy atom. The van der Waals surface area contributed by atoms with Crippen LogP contribution in [0.25, 0.3) is 0 Å². The van der Waals surface area contributed by atoms with Gasteiger partial charge >= 0.3 is 0 Å². The number of ether oxygens (including phenoxy) is 1. The molecular formula is C24H37NO3. The van der Waals surface area contributed by atoms with Crippen molar-refractivity contribution >= 4 is 5.78 Å². The van der Waals surface area contributed by atoms with Crippen molar-refractivity contribution in [2.75, 3.05) is 32.8 Å². The van der Waals surface area contributed by atoms with Crippen LogP contribution in [0.2, 0.25) is 0 Å². The highest BCUT2D eigenvalue weighted by Gasteiger charge is 2.61. The highest BCUT2D eigenvalue weighted by Crippen LogP contribution is 2.64. The standard InChI is InChI=1S/C24H37NO3/c1-23-7-5-18(26)14-17(23)3-4-19-20(23)6-8-24(2)21(19)13-16(22(24)27)15-25-9-11-28-12-10-25/h3,16,18-21,26H,4-15H2,1-2H3/t16-,18-,19-,20+,21+,23-,24-/m0/s1. The number of allylic oxidation sites excluding steroid dienone is 1. The van der Waals surface area contributed by atoms with Gasteiger partial charge in [0.25, 0.3) is 0 Å². The molecule has 3 saturated carbocycles. The van der Waals surface area contributed by atoms with Crippen molar-refractivity contribution in [1.29, 1.82) is 0 Å². The molecule has 0 aromatic heterocycles. The van der Waals surface area contributed by atoms with E-state index in [9.17, 15) is 9.90 Å². The number of rotatable bonds is 2. The van der Waals surface area contributed by atoms with Crippen molar-refractivity contribution in [3.63, 3.8) is 0 Å². The average Bonchev–Trinajstić information content (AvgIpc) is 2.94. The molecule has 4 fully saturated rings. The fourth-order valence-corrected chi connectivity index (χ4v) is 7.84. The van der Waals surface area contributed by atoms with Gasteiger partial charge in [-0.25, -0.2) is 0 Å². The zero-order chi connectivity index (χ0) is 19.5. The first-order chi connectivity index (χ1) is 13.4. The summed E-state index contributed by atoms with van der Waals surface area (Å²) in [5.41, 5.74) is 1.67. The van der Waals surface area contributed by atoms with Crippen molar-refractivity contribution < 1.29 is 14.6 Å². The van der Waals surface area contributed by atoms with Crippen LogP contribution in [0, 0.1) is 34.5 Å². The summed E-state index contributed by atoms with van der Waals surface area (Å²) in [7, 11) is 0. The van der Waals surface area contributed by atoms with Crippen LogP contribution in [0.15, 0.2) is 11.6 Å². The summed E-state index contributed by atoms with van der Waals surface area (Å²) in [6.07, 6.45) is 9.74. The molecule has 0 aromatic rings. The Kier molecular flexibility index (Phi) is 4.76. The van der Waals surface area contributed by atoms with Crippen LogP contribution in [-0.2, 0) is 9.53 Å². The highest BCUT2D eigenvalue weighted by molar-refractivity contribution is 5.89. The zero-order valence-corrected chi connectivity index (χ0v) is 17.7. The second kappa shape index (κ2) is 6.92. The number of fused-ring (bicyclic) bond motifs is 5. The van der Waals surface area contributed by atoms with Gasteiger partial charge in [0.15, 0.2) is 0 Å². The Bertz CT molecular complexity index is 669. The van der Waals surface area contributed by atoms with E-state index in [0.717, 1.165) is 71.4 Å². The molecule has 4 heteroatoms. The van der Waals surface area contributed by atoms with Gasteiger partial charge in [0.1, 0.15) is 5.78 Å². The van der Waals surface area contributed by atoms with Gasteiger partial charge in [0.05, 0.1) is 19.3 Å². The summed E-state index contributed by atoms with van der Waals surface area (Å²) in [5, 5.41) is 10.2. The van der Waals surface area contributed by atoms with Gasteiger partial charge in [-0.15, -0.1) is 0 Å². The Morgan fingerprint density at radius 1 is 1.14 bits per heavy atom. The van der Waals surface area contributed by atoms with E-state index < -0.39 is 0 Å². The fraction of sp³-hybridized carbons (Fsp3) is 0.875. The molecule has 1 N–H and O–H groups in total. The summed E-state index contributed by atoms with van der Waals surface area (Å²) in [5.74, 6) is 2.68. The molecule has 7 atom stereocenters. The van der Waals surface area contributed by atoms with Gasteiger partial charge in [-0.05, 0) is 68.1 Å². The minimum atomic E-state index is -0.143. The van der Waals surface area contributed by atoms with Gasteiger partial charge in [-0.3, -0.25) is 9.69 Å². The van der Waals surface area contributed by atoms with E-state index in [1.807, 2.05) is 0 Å². The molecule has 5 rings (SSSR count). The Morgan fingerprint density at radius 2 is 1.89 bits per heavy atom. The maximum absolute atomic E-state index is 13.5. The number of carbonyl (C=O) groups is 1. The third-order valence-corrected chi connectivity index (χ3v) is 9.52. The predicted octanol–water partition coefficient (Wildman–Crippen LogP) is 3.44. The first-order valence-electron chi connectivity index (χ1n) is 11.6. The van der Waals surface area contributed by atoms with E-state index in [1.54, 1.807) is 0 Å². The smallest absolute Gasteiger partial charge is 0.143 e. The Hall–Kier alpha value is -0.710. The molecule has 0 amide bonds. The number of nitrogens with zero attached hydrogens (tertiary/aromatic N) is 1. The van der Waals surface area contributed by atoms with Gasteiger partial charge in [-0.2, -0.15) is 0 Å². The lowest BCUT2D eigenvalue weighted by molar-refractivity contribution is -0.134. The molecule has 1 saturated heterocycles. The van der Waals surface area contributed by atoms with Crippen molar-refractivity contribution in [1.82, 2.24) is 4.90 Å². The number of carbonyl (C=O) groups excluding carboxylic acids is 1. The number of aliphatic hydroxyl groups is 1. The molecule has 1 aliphatic heterocycles. The Balaban J connectivity index is 1.38. The average molecular weight is 388 g/mol. The highest BCUT2D eigenvalue weighted by atomic mass is 16.5. The summed E-state index contributed by atoms with van der Waals surface area (Å²) in [6, 6.07) is 0. The number of hydrogen-bond donors (Lipinski definition) is 1. The van der Waals surface area contributed by atoms with Crippen LogP contribution in [0.4, 0.5) is 0 Å². The first-order valence-corrected chi connectivity index (χ1v) is 11.6. The van der Waals surface area contributed by atoms with Gasteiger partial charge < -0.3 is 9.84 Å². The van der Waals surface area contributed by atoms with Crippen molar-refractivity contribution in [2.24, 2.45) is 34.5 Å². The molecule has 0 bridgehead atoms. The van der Waals surface area contributed by atoms with Gasteiger partial charge in [-0.1, -0.05) is 25.5 Å². The number of ketones is 1. The molecular weight excluding hydrogens is 350 g/mol.